The van der Waals surface area contributed by atoms with E-state index in [0.29, 0.717) is 17.9 Å². The van der Waals surface area contributed by atoms with E-state index in [1.807, 2.05) is 0 Å². The molecule has 0 spiro atoms. The van der Waals surface area contributed by atoms with Crippen molar-refractivity contribution in [1.82, 2.24) is 9.62 Å². The van der Waals surface area contributed by atoms with Crippen LogP contribution in [0.1, 0.15) is 18.4 Å². The standard InChI is InChI=1S/C21H22ClF3N2O4S/c22-17-3-7-19(8-4-17)32(29,30)27-12-9-15(10-13-27)20(28)26-11-14-31-18-5-1-16(2-6-18)21(23,24)25/h1-8,15H,9-14H2,(H,26,28). The van der Waals surface area contributed by atoms with Crippen molar-refractivity contribution in [2.24, 2.45) is 5.92 Å². The lowest BCUT2D eigenvalue weighted by atomic mass is 9.97. The highest BCUT2D eigenvalue weighted by atomic mass is 35.5. The summed E-state index contributed by atoms with van der Waals surface area (Å²) in [6.45, 7) is 0.736. The number of amides is 1. The van der Waals surface area contributed by atoms with E-state index in [4.69, 9.17) is 16.3 Å². The van der Waals surface area contributed by atoms with E-state index in [2.05, 4.69) is 5.32 Å². The lowest BCUT2D eigenvalue weighted by Gasteiger charge is -2.30. The number of carbonyl (C=O) groups is 1. The summed E-state index contributed by atoms with van der Waals surface area (Å²) in [4.78, 5) is 12.5. The molecule has 32 heavy (non-hydrogen) atoms. The molecule has 6 nitrogen and oxygen atoms in total. The Morgan fingerprint density at radius 1 is 1.06 bits per heavy atom. The molecule has 2 aromatic rings. The van der Waals surface area contributed by atoms with Gasteiger partial charge >= 0.3 is 6.18 Å². The fraction of sp³-hybridized carbons (Fsp3) is 0.381. The number of alkyl halides is 3. The van der Waals surface area contributed by atoms with Crippen LogP contribution in [0.25, 0.3) is 0 Å². The van der Waals surface area contributed by atoms with Gasteiger partial charge in [-0.2, -0.15) is 17.5 Å². The molecule has 174 valence electrons. The number of nitrogens with one attached hydrogen (secondary N) is 1. The Morgan fingerprint density at radius 2 is 1.66 bits per heavy atom. The van der Waals surface area contributed by atoms with E-state index >= 15 is 0 Å². The first kappa shape index (κ1) is 24.3. The Balaban J connectivity index is 1.41. The van der Waals surface area contributed by atoms with Crippen LogP contribution in [-0.4, -0.2) is 44.9 Å². The van der Waals surface area contributed by atoms with Gasteiger partial charge in [-0.15, -0.1) is 0 Å². The molecule has 0 aliphatic carbocycles. The lowest BCUT2D eigenvalue weighted by molar-refractivity contribution is -0.137. The second kappa shape index (κ2) is 10.1. The van der Waals surface area contributed by atoms with Gasteiger partial charge < -0.3 is 10.1 Å². The fourth-order valence-corrected chi connectivity index (χ4v) is 4.94. The van der Waals surface area contributed by atoms with Gasteiger partial charge in [0.15, 0.2) is 0 Å². The highest BCUT2D eigenvalue weighted by Crippen LogP contribution is 2.30. The van der Waals surface area contributed by atoms with Crippen molar-refractivity contribution >= 4 is 27.5 Å². The van der Waals surface area contributed by atoms with Gasteiger partial charge in [-0.05, 0) is 61.4 Å². The van der Waals surface area contributed by atoms with E-state index in [1.54, 1.807) is 0 Å². The number of ether oxygens (including phenoxy) is 1. The molecule has 1 fully saturated rings. The van der Waals surface area contributed by atoms with Crippen LogP contribution < -0.4 is 10.1 Å². The van der Waals surface area contributed by atoms with Crippen LogP contribution in [0.4, 0.5) is 13.2 Å². The summed E-state index contributed by atoms with van der Waals surface area (Å²) in [7, 11) is -3.64. The Labute approximate surface area is 189 Å². The largest absolute Gasteiger partial charge is 0.492 e. The minimum Gasteiger partial charge on any atom is -0.492 e. The Hall–Kier alpha value is -2.30. The van der Waals surface area contributed by atoms with Gasteiger partial charge in [0.05, 0.1) is 17.0 Å². The van der Waals surface area contributed by atoms with Crippen molar-refractivity contribution in [2.75, 3.05) is 26.2 Å². The number of hydrogen-bond donors (Lipinski definition) is 1. The molecule has 1 aliphatic heterocycles. The van der Waals surface area contributed by atoms with Crippen LogP contribution in [0.5, 0.6) is 5.75 Å². The maximum atomic E-state index is 12.7. The van der Waals surface area contributed by atoms with Crippen LogP contribution in [0.3, 0.4) is 0 Å². The molecule has 2 aromatic carbocycles. The number of nitrogens with zero attached hydrogens (tertiary/aromatic N) is 1. The number of carbonyl (C=O) groups excluding carboxylic acids is 1. The molecular formula is C21H22ClF3N2O4S. The number of sulfonamides is 1. The van der Waals surface area contributed by atoms with Gasteiger partial charge in [0.2, 0.25) is 15.9 Å². The SMILES string of the molecule is O=C(NCCOc1ccc(C(F)(F)F)cc1)C1CCN(S(=O)(=O)c2ccc(Cl)cc2)CC1. The Morgan fingerprint density at radius 3 is 2.22 bits per heavy atom. The molecule has 0 saturated carbocycles. The van der Waals surface area contributed by atoms with Crippen molar-refractivity contribution in [1.29, 1.82) is 0 Å². The average molecular weight is 491 g/mol. The number of piperidine rings is 1. The molecule has 1 heterocycles. The van der Waals surface area contributed by atoms with E-state index in [-0.39, 0.29) is 48.7 Å². The predicted octanol–water partition coefficient (Wildman–Crippen LogP) is 3.95. The summed E-state index contributed by atoms with van der Waals surface area (Å²) in [5, 5.41) is 3.17. The molecule has 0 radical (unpaired) electrons. The van der Waals surface area contributed by atoms with Gasteiger partial charge in [0.25, 0.3) is 0 Å². The van der Waals surface area contributed by atoms with Crippen LogP contribution in [0.2, 0.25) is 5.02 Å². The predicted molar refractivity (Wildman–Crippen MR) is 113 cm³/mol. The molecule has 1 N–H and O–H groups in total. The second-order valence-electron chi connectivity index (χ2n) is 7.29. The maximum absolute atomic E-state index is 12.7. The van der Waals surface area contributed by atoms with Crippen LogP contribution in [-0.2, 0) is 21.0 Å². The third-order valence-corrected chi connectivity index (χ3v) is 7.29. The molecule has 0 atom stereocenters. The smallest absolute Gasteiger partial charge is 0.416 e. The number of hydrogen-bond acceptors (Lipinski definition) is 4. The van der Waals surface area contributed by atoms with Gasteiger partial charge in [0.1, 0.15) is 12.4 Å². The minimum absolute atomic E-state index is 0.0981. The van der Waals surface area contributed by atoms with Gasteiger partial charge in [0, 0.05) is 24.0 Å². The molecule has 11 heteroatoms. The van der Waals surface area contributed by atoms with Crippen LogP contribution in [0, 0.1) is 5.92 Å². The molecule has 0 aromatic heterocycles. The van der Waals surface area contributed by atoms with Crippen LogP contribution >= 0.6 is 11.6 Å². The fourth-order valence-electron chi connectivity index (χ4n) is 3.34. The maximum Gasteiger partial charge on any atom is 0.416 e. The molecule has 1 saturated heterocycles. The zero-order chi connectivity index (χ0) is 23.4. The lowest BCUT2D eigenvalue weighted by Crippen LogP contribution is -2.43. The topological polar surface area (TPSA) is 75.7 Å². The van der Waals surface area contributed by atoms with Gasteiger partial charge in [-0.3, -0.25) is 4.79 Å². The number of halogens is 4. The minimum atomic E-state index is -4.41. The van der Waals surface area contributed by atoms with Crippen molar-refractivity contribution in [3.8, 4) is 5.75 Å². The highest BCUT2D eigenvalue weighted by Gasteiger charge is 2.32. The van der Waals surface area contributed by atoms with Gasteiger partial charge in [-0.25, -0.2) is 8.42 Å². The average Bonchev–Trinajstić information content (AvgIpc) is 2.76. The highest BCUT2D eigenvalue weighted by molar-refractivity contribution is 7.89. The summed E-state index contributed by atoms with van der Waals surface area (Å²) in [6.07, 6.45) is -3.63. The Bertz CT molecular complexity index is 1020. The van der Waals surface area contributed by atoms with E-state index in [0.717, 1.165) is 12.1 Å². The number of rotatable bonds is 7. The zero-order valence-corrected chi connectivity index (χ0v) is 18.5. The zero-order valence-electron chi connectivity index (χ0n) is 16.9. The van der Waals surface area contributed by atoms with E-state index < -0.39 is 21.8 Å². The second-order valence-corrected chi connectivity index (χ2v) is 9.67. The first-order valence-electron chi connectivity index (χ1n) is 9.91. The summed E-state index contributed by atoms with van der Waals surface area (Å²) in [6, 6.07) is 10.2. The molecule has 1 aliphatic rings. The molecule has 3 rings (SSSR count). The summed E-state index contributed by atoms with van der Waals surface area (Å²) in [5.74, 6) is -0.254. The number of benzene rings is 2. The molecule has 0 bridgehead atoms. The summed E-state index contributed by atoms with van der Waals surface area (Å²) < 4.78 is 69.8. The normalized spacial score (nSPS) is 16.0. The third kappa shape index (κ3) is 6.14. The van der Waals surface area contributed by atoms with Gasteiger partial charge in [-0.1, -0.05) is 11.6 Å². The molecule has 0 unspecified atom stereocenters. The first-order chi connectivity index (χ1) is 15.1. The van der Waals surface area contributed by atoms with Crippen molar-refractivity contribution in [2.45, 2.75) is 23.9 Å². The van der Waals surface area contributed by atoms with Crippen LogP contribution in [0.15, 0.2) is 53.4 Å². The Kier molecular flexibility index (Phi) is 7.68. The summed E-state index contributed by atoms with van der Waals surface area (Å²) in [5.41, 5.74) is -0.762. The molecule has 1 amide bonds. The summed E-state index contributed by atoms with van der Waals surface area (Å²) >= 11 is 5.81. The quantitative estimate of drug-likeness (QED) is 0.596. The monoisotopic (exact) mass is 490 g/mol. The van der Waals surface area contributed by atoms with E-state index in [9.17, 15) is 26.4 Å². The molecular weight excluding hydrogens is 469 g/mol. The first-order valence-corrected chi connectivity index (χ1v) is 11.7. The third-order valence-electron chi connectivity index (χ3n) is 5.13. The van der Waals surface area contributed by atoms with Crippen molar-refractivity contribution in [3.63, 3.8) is 0 Å². The van der Waals surface area contributed by atoms with E-state index in [1.165, 1.54) is 40.7 Å². The van der Waals surface area contributed by atoms with Crippen molar-refractivity contribution in [3.05, 3.63) is 59.1 Å². The van der Waals surface area contributed by atoms with Crippen molar-refractivity contribution < 1.29 is 31.1 Å².